The maximum Gasteiger partial charge on any atom is 0.404 e. The second-order valence-electron chi connectivity index (χ2n) is 2.80. The Morgan fingerprint density at radius 1 is 1.50 bits per heavy atom. The lowest BCUT2D eigenvalue weighted by Gasteiger charge is -2.16. The minimum atomic E-state index is -4.45. The van der Waals surface area contributed by atoms with Crippen molar-refractivity contribution < 1.29 is 22.7 Å². The van der Waals surface area contributed by atoms with Gasteiger partial charge < -0.3 is 4.74 Å². The van der Waals surface area contributed by atoms with Crippen LogP contribution < -0.4 is 0 Å². The summed E-state index contributed by atoms with van der Waals surface area (Å²) >= 11 is 0. The van der Waals surface area contributed by atoms with Crippen molar-refractivity contribution in [1.82, 2.24) is 0 Å². The van der Waals surface area contributed by atoms with Crippen LogP contribution in [0.4, 0.5) is 13.2 Å². The van der Waals surface area contributed by atoms with Crippen LogP contribution in [0.3, 0.4) is 0 Å². The molecule has 0 N–H and O–H groups in total. The quantitative estimate of drug-likeness (QED) is 0.609. The van der Waals surface area contributed by atoms with Crippen molar-refractivity contribution in [3.05, 3.63) is 0 Å². The first-order valence-corrected chi connectivity index (χ1v) is 3.68. The van der Waals surface area contributed by atoms with Gasteiger partial charge in [-0.2, -0.15) is 13.2 Å². The largest absolute Gasteiger partial charge is 0.465 e. The summed E-state index contributed by atoms with van der Waals surface area (Å²) in [6.07, 6.45) is -4.70. The minimum absolute atomic E-state index is 0.00331. The van der Waals surface area contributed by atoms with Gasteiger partial charge in [0, 0.05) is 0 Å². The predicted octanol–water partition coefficient (Wildman–Crippen LogP) is 1.89. The molecule has 0 spiro atoms. The molecule has 0 radical (unpaired) electrons. The molecular weight excluding hydrogens is 173 g/mol. The molecule has 0 aromatic heterocycles. The van der Waals surface area contributed by atoms with Crippen molar-refractivity contribution >= 4 is 5.97 Å². The van der Waals surface area contributed by atoms with Crippen molar-refractivity contribution in [1.29, 1.82) is 0 Å². The Bertz CT molecular complexity index is 193. The van der Waals surface area contributed by atoms with Crippen molar-refractivity contribution in [2.45, 2.75) is 25.9 Å². The summed E-state index contributed by atoms with van der Waals surface area (Å²) in [6, 6.07) is 0. The molecule has 70 valence electrons. The monoisotopic (exact) mass is 182 g/mol. The average molecular weight is 182 g/mol. The summed E-state index contributed by atoms with van der Waals surface area (Å²) in [5.41, 5.74) is -2.16. The topological polar surface area (TPSA) is 26.3 Å². The highest BCUT2D eigenvalue weighted by Crippen LogP contribution is 2.58. The van der Waals surface area contributed by atoms with Crippen LogP contribution in [-0.4, -0.2) is 18.8 Å². The van der Waals surface area contributed by atoms with Gasteiger partial charge in [0.05, 0.1) is 6.61 Å². The van der Waals surface area contributed by atoms with E-state index in [2.05, 4.69) is 4.74 Å². The van der Waals surface area contributed by atoms with Crippen LogP contribution >= 0.6 is 0 Å². The SMILES string of the molecule is CCOC(=O)C1(C(F)(F)F)CC1. The standard InChI is InChI=1S/C7H9F3O2/c1-2-12-5(11)6(3-4-6)7(8,9)10/h2-4H2,1H3. The Labute approximate surface area is 67.7 Å². The molecule has 0 aromatic carbocycles. The molecule has 0 heterocycles. The molecule has 0 aliphatic heterocycles. The Morgan fingerprint density at radius 3 is 2.25 bits per heavy atom. The molecule has 1 aliphatic rings. The number of alkyl halides is 3. The lowest BCUT2D eigenvalue weighted by Crippen LogP contribution is -2.34. The zero-order chi connectivity index (χ0) is 9.41. The number of halogens is 3. The predicted molar refractivity (Wildman–Crippen MR) is 34.4 cm³/mol. The van der Waals surface area contributed by atoms with Crippen LogP contribution in [-0.2, 0) is 9.53 Å². The van der Waals surface area contributed by atoms with E-state index in [0.29, 0.717) is 0 Å². The van der Waals surface area contributed by atoms with Gasteiger partial charge >= 0.3 is 12.1 Å². The highest BCUT2D eigenvalue weighted by Gasteiger charge is 2.69. The van der Waals surface area contributed by atoms with Crippen LogP contribution in [0.15, 0.2) is 0 Å². The first-order valence-electron chi connectivity index (χ1n) is 3.68. The maximum absolute atomic E-state index is 12.2. The van der Waals surface area contributed by atoms with E-state index in [0.717, 1.165) is 0 Å². The van der Waals surface area contributed by atoms with Gasteiger partial charge in [-0.1, -0.05) is 0 Å². The van der Waals surface area contributed by atoms with Crippen LogP contribution in [0.25, 0.3) is 0 Å². The van der Waals surface area contributed by atoms with Gasteiger partial charge in [0.2, 0.25) is 0 Å². The number of carbonyl (C=O) groups excluding carboxylic acids is 1. The molecule has 0 aromatic rings. The van der Waals surface area contributed by atoms with E-state index in [-0.39, 0.29) is 19.4 Å². The molecule has 1 aliphatic carbocycles. The van der Waals surface area contributed by atoms with E-state index in [9.17, 15) is 18.0 Å². The van der Waals surface area contributed by atoms with Gasteiger partial charge in [-0.15, -0.1) is 0 Å². The molecule has 5 heteroatoms. The summed E-state index contributed by atoms with van der Waals surface area (Å²) in [4.78, 5) is 10.8. The van der Waals surface area contributed by atoms with Crippen LogP contribution in [0.2, 0.25) is 0 Å². The molecule has 0 saturated heterocycles. The van der Waals surface area contributed by atoms with Crippen molar-refractivity contribution in [3.8, 4) is 0 Å². The Balaban J connectivity index is 2.67. The summed E-state index contributed by atoms with van der Waals surface area (Å²) in [5.74, 6) is -1.13. The van der Waals surface area contributed by atoms with E-state index < -0.39 is 17.6 Å². The van der Waals surface area contributed by atoms with E-state index in [1.165, 1.54) is 6.92 Å². The van der Waals surface area contributed by atoms with Crippen molar-refractivity contribution in [2.24, 2.45) is 5.41 Å². The molecule has 0 atom stereocenters. The number of hydrogen-bond acceptors (Lipinski definition) is 2. The molecule has 0 bridgehead atoms. The van der Waals surface area contributed by atoms with Crippen molar-refractivity contribution in [3.63, 3.8) is 0 Å². The fourth-order valence-corrected chi connectivity index (χ4v) is 0.998. The molecule has 12 heavy (non-hydrogen) atoms. The summed E-state index contributed by atoms with van der Waals surface area (Å²) < 4.78 is 40.8. The number of rotatable bonds is 2. The van der Waals surface area contributed by atoms with Gasteiger partial charge in [0.15, 0.2) is 5.41 Å². The zero-order valence-electron chi connectivity index (χ0n) is 6.57. The fraction of sp³-hybridized carbons (Fsp3) is 0.857. The highest BCUT2D eigenvalue weighted by molar-refractivity contribution is 5.80. The van der Waals surface area contributed by atoms with Gasteiger partial charge in [-0.25, -0.2) is 0 Å². The average Bonchev–Trinajstić information content (AvgIpc) is 2.63. The van der Waals surface area contributed by atoms with Crippen LogP contribution in [0.5, 0.6) is 0 Å². The molecule has 0 amide bonds. The second kappa shape index (κ2) is 2.64. The summed E-state index contributed by atoms with van der Waals surface area (Å²) in [6.45, 7) is 1.49. The minimum Gasteiger partial charge on any atom is -0.465 e. The molecule has 1 saturated carbocycles. The molecular formula is C7H9F3O2. The Hall–Kier alpha value is -0.740. The van der Waals surface area contributed by atoms with Gasteiger partial charge in [0.1, 0.15) is 0 Å². The smallest absolute Gasteiger partial charge is 0.404 e. The van der Waals surface area contributed by atoms with Gasteiger partial charge in [0.25, 0.3) is 0 Å². The first-order chi connectivity index (χ1) is 5.44. The molecule has 1 fully saturated rings. The van der Waals surface area contributed by atoms with Crippen LogP contribution in [0.1, 0.15) is 19.8 Å². The van der Waals surface area contributed by atoms with Crippen molar-refractivity contribution in [2.75, 3.05) is 6.61 Å². The fourth-order valence-electron chi connectivity index (χ4n) is 0.998. The molecule has 2 nitrogen and oxygen atoms in total. The van der Waals surface area contributed by atoms with Gasteiger partial charge in [-0.3, -0.25) is 4.79 Å². The number of hydrogen-bond donors (Lipinski definition) is 0. The third kappa shape index (κ3) is 1.28. The zero-order valence-corrected chi connectivity index (χ0v) is 6.57. The number of carbonyl (C=O) groups is 1. The Kier molecular flexibility index (Phi) is 2.06. The number of ether oxygens (including phenoxy) is 1. The third-order valence-corrected chi connectivity index (χ3v) is 1.96. The lowest BCUT2D eigenvalue weighted by molar-refractivity contribution is -0.206. The molecule has 1 rings (SSSR count). The van der Waals surface area contributed by atoms with Crippen LogP contribution in [0, 0.1) is 5.41 Å². The first kappa shape index (κ1) is 9.35. The molecule has 0 unspecified atom stereocenters. The van der Waals surface area contributed by atoms with E-state index >= 15 is 0 Å². The maximum atomic E-state index is 12.2. The summed E-state index contributed by atoms with van der Waals surface area (Å²) in [5, 5.41) is 0. The van der Waals surface area contributed by atoms with E-state index in [4.69, 9.17) is 0 Å². The number of esters is 1. The lowest BCUT2D eigenvalue weighted by atomic mass is 10.1. The highest BCUT2D eigenvalue weighted by atomic mass is 19.4. The normalized spacial score (nSPS) is 20.3. The second-order valence-corrected chi connectivity index (χ2v) is 2.80. The third-order valence-electron chi connectivity index (χ3n) is 1.96. The Morgan fingerprint density at radius 2 is 2.00 bits per heavy atom. The van der Waals surface area contributed by atoms with E-state index in [1.54, 1.807) is 0 Å². The summed E-state index contributed by atoms with van der Waals surface area (Å²) in [7, 11) is 0. The van der Waals surface area contributed by atoms with Gasteiger partial charge in [-0.05, 0) is 19.8 Å². The van der Waals surface area contributed by atoms with E-state index in [1.807, 2.05) is 0 Å².